The molecular weight excluding hydrogens is 467 g/mol. The molecule has 35 heavy (non-hydrogen) atoms. The van der Waals surface area contributed by atoms with Gasteiger partial charge in [-0.2, -0.15) is 14.8 Å². The highest BCUT2D eigenvalue weighted by Crippen LogP contribution is 2.27. The van der Waals surface area contributed by atoms with Crippen LogP contribution in [-0.2, 0) is 18.3 Å². The Morgan fingerprint density at radius 3 is 2.46 bits per heavy atom. The molecule has 2 aromatic carbocycles. The van der Waals surface area contributed by atoms with E-state index in [-0.39, 0.29) is 41.9 Å². The van der Waals surface area contributed by atoms with Crippen LogP contribution in [0.1, 0.15) is 28.7 Å². The zero-order chi connectivity index (χ0) is 25.3. The van der Waals surface area contributed by atoms with Crippen LogP contribution in [0.3, 0.4) is 0 Å². The summed E-state index contributed by atoms with van der Waals surface area (Å²) in [6.07, 6.45) is 1.10. The van der Waals surface area contributed by atoms with E-state index in [9.17, 15) is 22.8 Å². The van der Waals surface area contributed by atoms with E-state index in [0.29, 0.717) is 5.69 Å². The average Bonchev–Trinajstić information content (AvgIpc) is 3.32. The second-order valence-electron chi connectivity index (χ2n) is 7.48. The Balaban J connectivity index is 1.59. The number of carbonyl (C=O) groups excluding carboxylic acids is 1. The lowest BCUT2D eigenvalue weighted by Gasteiger charge is -2.08. The number of carbonyl (C=O) groups is 1. The Morgan fingerprint density at radius 1 is 1.09 bits per heavy atom. The lowest BCUT2D eigenvalue weighted by molar-refractivity contribution is 0.0518. The Labute approximate surface area is 197 Å². The van der Waals surface area contributed by atoms with E-state index >= 15 is 0 Å². The molecule has 0 amide bonds. The molecule has 182 valence electrons. The van der Waals surface area contributed by atoms with E-state index in [0.717, 1.165) is 33.8 Å². The molecule has 0 saturated carbocycles. The molecule has 0 N–H and O–H groups in total. The topological polar surface area (TPSA) is 93.2 Å². The van der Waals surface area contributed by atoms with Gasteiger partial charge in [0, 0.05) is 18.7 Å². The van der Waals surface area contributed by atoms with E-state index in [2.05, 4.69) is 10.1 Å². The number of hydrogen-bond donors (Lipinski definition) is 0. The van der Waals surface area contributed by atoms with Gasteiger partial charge in [-0.1, -0.05) is 6.07 Å². The van der Waals surface area contributed by atoms with Crippen molar-refractivity contribution in [3.63, 3.8) is 0 Å². The third kappa shape index (κ3) is 4.54. The van der Waals surface area contributed by atoms with Crippen LogP contribution < -0.4 is 10.4 Å². The fourth-order valence-corrected chi connectivity index (χ4v) is 3.31. The summed E-state index contributed by atoms with van der Waals surface area (Å²) in [5.74, 6) is -3.27. The van der Waals surface area contributed by atoms with Gasteiger partial charge in [0.05, 0.1) is 24.5 Å². The first-order valence-corrected chi connectivity index (χ1v) is 10.5. The van der Waals surface area contributed by atoms with Gasteiger partial charge in [-0.3, -0.25) is 4.57 Å². The highest BCUT2D eigenvalue weighted by Gasteiger charge is 2.21. The molecule has 0 aliphatic rings. The predicted molar refractivity (Wildman–Crippen MR) is 117 cm³/mol. The average molecular weight is 487 g/mol. The minimum Gasteiger partial charge on any atom is -0.461 e. The predicted octanol–water partition coefficient (Wildman–Crippen LogP) is 3.51. The molecule has 0 unspecified atom stereocenters. The summed E-state index contributed by atoms with van der Waals surface area (Å²) in [5.41, 5.74) is -0.435. The molecule has 2 aromatic heterocycles. The number of imidazole rings is 1. The molecule has 4 rings (SSSR count). The highest BCUT2D eigenvalue weighted by molar-refractivity contribution is 5.88. The maximum atomic E-state index is 14.8. The van der Waals surface area contributed by atoms with Crippen LogP contribution in [0.15, 0.2) is 47.5 Å². The molecule has 0 radical (unpaired) electrons. The Morgan fingerprint density at radius 2 is 1.80 bits per heavy atom. The van der Waals surface area contributed by atoms with Gasteiger partial charge in [0.1, 0.15) is 18.0 Å². The maximum absolute atomic E-state index is 14.8. The summed E-state index contributed by atoms with van der Waals surface area (Å²) in [6.45, 7) is 3.09. The van der Waals surface area contributed by atoms with Crippen LogP contribution in [0.4, 0.5) is 13.2 Å². The molecule has 0 bridgehead atoms. The van der Waals surface area contributed by atoms with Crippen molar-refractivity contribution in [3.8, 4) is 17.4 Å². The van der Waals surface area contributed by atoms with E-state index in [1.165, 1.54) is 22.8 Å². The van der Waals surface area contributed by atoms with Gasteiger partial charge in [-0.15, -0.1) is 0 Å². The van der Waals surface area contributed by atoms with Gasteiger partial charge >= 0.3 is 17.7 Å². The number of hydrogen-bond acceptors (Lipinski definition) is 6. The summed E-state index contributed by atoms with van der Waals surface area (Å²) in [4.78, 5) is 28.8. The van der Waals surface area contributed by atoms with Crippen LogP contribution >= 0.6 is 0 Å². The highest BCUT2D eigenvalue weighted by atomic mass is 19.1. The summed E-state index contributed by atoms with van der Waals surface area (Å²) in [7, 11) is 1.59. The molecule has 0 spiro atoms. The molecule has 0 saturated heterocycles. The van der Waals surface area contributed by atoms with Crippen molar-refractivity contribution in [1.82, 2.24) is 23.9 Å². The number of aromatic nitrogens is 5. The molecule has 0 atom stereocenters. The summed E-state index contributed by atoms with van der Waals surface area (Å²) < 4.78 is 56.5. The fourth-order valence-electron chi connectivity index (χ4n) is 3.31. The first kappa shape index (κ1) is 23.8. The van der Waals surface area contributed by atoms with Gasteiger partial charge < -0.3 is 14.0 Å². The van der Waals surface area contributed by atoms with Crippen molar-refractivity contribution in [3.05, 3.63) is 87.6 Å². The van der Waals surface area contributed by atoms with Gasteiger partial charge in [-0.25, -0.2) is 22.8 Å². The molecule has 0 aliphatic heterocycles. The van der Waals surface area contributed by atoms with Crippen LogP contribution in [0.2, 0.25) is 0 Å². The zero-order valence-electron chi connectivity index (χ0n) is 19.0. The normalized spacial score (nSPS) is 11.0. The smallest absolute Gasteiger partial charge is 0.358 e. The van der Waals surface area contributed by atoms with Crippen LogP contribution in [0, 0.1) is 24.4 Å². The second kappa shape index (κ2) is 9.49. The van der Waals surface area contributed by atoms with Crippen molar-refractivity contribution in [2.75, 3.05) is 6.61 Å². The number of ether oxygens (including phenoxy) is 2. The van der Waals surface area contributed by atoms with E-state index in [1.54, 1.807) is 20.9 Å². The quantitative estimate of drug-likeness (QED) is 0.371. The Kier molecular flexibility index (Phi) is 6.45. The van der Waals surface area contributed by atoms with Crippen molar-refractivity contribution in [1.29, 1.82) is 0 Å². The number of halogens is 3. The molecule has 9 nitrogen and oxygen atoms in total. The lowest BCUT2D eigenvalue weighted by Crippen LogP contribution is -2.24. The van der Waals surface area contributed by atoms with Crippen molar-refractivity contribution in [2.24, 2.45) is 7.05 Å². The number of rotatable bonds is 7. The summed E-state index contributed by atoms with van der Waals surface area (Å²) >= 11 is 0. The molecule has 2 heterocycles. The first-order chi connectivity index (χ1) is 16.7. The van der Waals surface area contributed by atoms with Gasteiger partial charge in [0.15, 0.2) is 17.3 Å². The minimum atomic E-state index is -0.831. The van der Waals surface area contributed by atoms with Gasteiger partial charge in [0.25, 0.3) is 0 Å². The molecule has 0 aliphatic carbocycles. The number of benzene rings is 2. The lowest BCUT2D eigenvalue weighted by atomic mass is 10.2. The van der Waals surface area contributed by atoms with Crippen LogP contribution in [0.5, 0.6) is 11.8 Å². The zero-order valence-corrected chi connectivity index (χ0v) is 19.0. The van der Waals surface area contributed by atoms with Gasteiger partial charge in [-0.05, 0) is 38.1 Å². The van der Waals surface area contributed by atoms with Crippen LogP contribution in [0.25, 0.3) is 5.69 Å². The summed E-state index contributed by atoms with van der Waals surface area (Å²) in [5, 5.41) is 3.91. The number of esters is 1. The molecule has 12 heteroatoms. The largest absolute Gasteiger partial charge is 0.461 e. The third-order valence-electron chi connectivity index (χ3n) is 5.29. The Bertz CT molecular complexity index is 1450. The standard InChI is InChI=1S/C23H20F3N5O4/c1-4-34-21(32)20-13(2)29(3)22(28-20)35-19-9-8-14(10-18(19)26)31-23(33)30(12-27-31)11-15-16(24)6-5-7-17(15)25/h5-10,12H,4,11H2,1-3H3. The third-order valence-corrected chi connectivity index (χ3v) is 5.29. The van der Waals surface area contributed by atoms with Crippen molar-refractivity contribution < 1.29 is 27.4 Å². The van der Waals surface area contributed by atoms with E-state index in [1.807, 2.05) is 0 Å². The SMILES string of the molecule is CCOC(=O)c1nc(Oc2ccc(-n3ncn(Cc4c(F)cccc4F)c3=O)cc2F)n(C)c1C. The molecule has 0 fully saturated rings. The molecule has 4 aromatic rings. The maximum Gasteiger partial charge on any atom is 0.358 e. The number of nitrogens with zero attached hydrogens (tertiary/aromatic N) is 5. The molecular formula is C23H20F3N5O4. The Hall–Kier alpha value is -4.35. The second-order valence-corrected chi connectivity index (χ2v) is 7.48. The minimum absolute atomic E-state index is 0.0365. The summed E-state index contributed by atoms with van der Waals surface area (Å²) in [6, 6.07) is 7.01. The van der Waals surface area contributed by atoms with Gasteiger partial charge in [0.2, 0.25) is 0 Å². The monoisotopic (exact) mass is 487 g/mol. The van der Waals surface area contributed by atoms with Crippen molar-refractivity contribution in [2.45, 2.75) is 20.4 Å². The van der Waals surface area contributed by atoms with E-state index < -0.39 is 29.1 Å². The fraction of sp³-hybridized carbons (Fsp3) is 0.217. The van der Waals surface area contributed by atoms with E-state index in [4.69, 9.17) is 9.47 Å². The first-order valence-electron chi connectivity index (χ1n) is 10.5. The van der Waals surface area contributed by atoms with Crippen LogP contribution in [-0.4, -0.2) is 36.5 Å². The van der Waals surface area contributed by atoms with Crippen molar-refractivity contribution >= 4 is 5.97 Å².